The predicted octanol–water partition coefficient (Wildman–Crippen LogP) is 4.67. The van der Waals surface area contributed by atoms with Gasteiger partial charge in [-0.1, -0.05) is 19.9 Å². The smallest absolute Gasteiger partial charge is 0.266 e. The Labute approximate surface area is 174 Å². The van der Waals surface area contributed by atoms with Crippen LogP contribution in [-0.4, -0.2) is 41.8 Å². The van der Waals surface area contributed by atoms with Crippen molar-refractivity contribution in [3.63, 3.8) is 0 Å². The van der Waals surface area contributed by atoms with Crippen molar-refractivity contribution in [3.05, 3.63) is 52.9 Å². The summed E-state index contributed by atoms with van der Waals surface area (Å²) < 4.78 is 10.3. The van der Waals surface area contributed by atoms with Crippen LogP contribution in [0.5, 0.6) is 17.2 Å². The molecule has 0 unspecified atom stereocenters. The number of phenolic OH excluding ortho intramolecular Hbond substituents is 1. The second-order valence-corrected chi connectivity index (χ2v) is 7.95. The number of hydrogen-bond donors (Lipinski definition) is 1. The summed E-state index contributed by atoms with van der Waals surface area (Å²) in [5.74, 6) is 1.38. The molecule has 1 amide bonds. The molecular formula is C22H24N2O4S. The molecule has 0 radical (unpaired) electrons. The summed E-state index contributed by atoms with van der Waals surface area (Å²) in [5, 5.41) is 10.6. The van der Waals surface area contributed by atoms with E-state index < -0.39 is 0 Å². The van der Waals surface area contributed by atoms with Crippen molar-refractivity contribution in [3.8, 4) is 17.2 Å². The molecule has 0 spiro atoms. The quantitative estimate of drug-likeness (QED) is 0.698. The Morgan fingerprint density at radius 3 is 2.45 bits per heavy atom. The van der Waals surface area contributed by atoms with Crippen LogP contribution in [-0.2, 0) is 4.79 Å². The van der Waals surface area contributed by atoms with Gasteiger partial charge in [0.15, 0.2) is 16.7 Å². The van der Waals surface area contributed by atoms with E-state index in [2.05, 4.69) is 18.8 Å². The molecule has 0 saturated carbocycles. The van der Waals surface area contributed by atoms with Gasteiger partial charge in [0.1, 0.15) is 5.75 Å². The zero-order valence-corrected chi connectivity index (χ0v) is 17.7. The Balaban J connectivity index is 1.93. The van der Waals surface area contributed by atoms with Crippen molar-refractivity contribution < 1.29 is 19.4 Å². The molecule has 0 aromatic heterocycles. The first kappa shape index (κ1) is 20.8. The number of thioether (sulfide) groups is 1. The molecule has 6 nitrogen and oxygen atoms in total. The zero-order chi connectivity index (χ0) is 21.0. The van der Waals surface area contributed by atoms with E-state index in [1.165, 1.54) is 18.9 Å². The van der Waals surface area contributed by atoms with Gasteiger partial charge >= 0.3 is 0 Å². The number of methoxy groups -OCH3 is 2. The molecular weight excluding hydrogens is 388 g/mol. The van der Waals surface area contributed by atoms with Crippen molar-refractivity contribution in [2.75, 3.05) is 20.8 Å². The number of amides is 1. The Morgan fingerprint density at radius 1 is 1.14 bits per heavy atom. The number of carbonyl (C=O) groups is 1. The van der Waals surface area contributed by atoms with E-state index in [-0.39, 0.29) is 11.7 Å². The fourth-order valence-corrected chi connectivity index (χ4v) is 3.84. The van der Waals surface area contributed by atoms with Gasteiger partial charge in [-0.3, -0.25) is 9.69 Å². The number of benzene rings is 2. The van der Waals surface area contributed by atoms with Gasteiger partial charge in [-0.2, -0.15) is 0 Å². The van der Waals surface area contributed by atoms with Gasteiger partial charge in [0.05, 0.1) is 24.8 Å². The lowest BCUT2D eigenvalue weighted by Gasteiger charge is -2.17. The highest BCUT2D eigenvalue weighted by Gasteiger charge is 2.33. The van der Waals surface area contributed by atoms with E-state index in [4.69, 9.17) is 9.47 Å². The number of hydrogen-bond acceptors (Lipinski definition) is 6. The molecule has 0 bridgehead atoms. The Bertz CT molecular complexity index is 952. The first-order valence-electron chi connectivity index (χ1n) is 9.22. The van der Waals surface area contributed by atoms with Gasteiger partial charge in [-0.05, 0) is 65.7 Å². The summed E-state index contributed by atoms with van der Waals surface area (Å²) in [6, 6.07) is 12.4. The molecule has 29 heavy (non-hydrogen) atoms. The maximum atomic E-state index is 13.0. The third kappa shape index (κ3) is 4.92. The molecule has 2 aromatic carbocycles. The molecule has 0 atom stereocenters. The van der Waals surface area contributed by atoms with Crippen molar-refractivity contribution in [2.45, 2.75) is 13.8 Å². The summed E-state index contributed by atoms with van der Waals surface area (Å²) in [6.07, 6.45) is 1.76. The standard InChI is InChI=1S/C22H24N2O4S/c1-14(2)13-24-21(26)20(12-15-5-10-19(28-4)18(25)11-15)29-22(24)23-16-6-8-17(27-3)9-7-16/h5-12,14,25H,13H2,1-4H3/b20-12+,23-22?. The molecule has 152 valence electrons. The number of nitrogens with zero attached hydrogens (tertiary/aromatic N) is 2. The molecule has 1 aliphatic heterocycles. The summed E-state index contributed by atoms with van der Waals surface area (Å²) >= 11 is 1.33. The summed E-state index contributed by atoms with van der Waals surface area (Å²) in [4.78, 5) is 19.9. The molecule has 1 N–H and O–H groups in total. The van der Waals surface area contributed by atoms with Gasteiger partial charge in [0.2, 0.25) is 0 Å². The summed E-state index contributed by atoms with van der Waals surface area (Å²) in [5.41, 5.74) is 1.47. The first-order chi connectivity index (χ1) is 13.9. The lowest BCUT2D eigenvalue weighted by molar-refractivity contribution is -0.122. The number of phenols is 1. The van der Waals surface area contributed by atoms with Crippen molar-refractivity contribution in [2.24, 2.45) is 10.9 Å². The minimum Gasteiger partial charge on any atom is -0.504 e. The summed E-state index contributed by atoms with van der Waals surface area (Å²) in [7, 11) is 3.11. The van der Waals surface area contributed by atoms with Gasteiger partial charge in [0, 0.05) is 6.54 Å². The van der Waals surface area contributed by atoms with Gasteiger partial charge in [-0.15, -0.1) is 0 Å². The van der Waals surface area contributed by atoms with Gasteiger partial charge in [-0.25, -0.2) is 4.99 Å². The topological polar surface area (TPSA) is 71.4 Å². The highest BCUT2D eigenvalue weighted by Crippen LogP contribution is 2.36. The van der Waals surface area contributed by atoms with Crippen LogP contribution in [0.4, 0.5) is 5.69 Å². The zero-order valence-electron chi connectivity index (χ0n) is 16.9. The average Bonchev–Trinajstić information content (AvgIpc) is 2.97. The highest BCUT2D eigenvalue weighted by molar-refractivity contribution is 8.18. The maximum absolute atomic E-state index is 13.0. The largest absolute Gasteiger partial charge is 0.504 e. The Morgan fingerprint density at radius 2 is 1.86 bits per heavy atom. The average molecular weight is 413 g/mol. The number of ether oxygens (including phenoxy) is 2. The van der Waals surface area contributed by atoms with Crippen molar-refractivity contribution in [1.29, 1.82) is 0 Å². The Hall–Kier alpha value is -2.93. The molecule has 1 saturated heterocycles. The van der Waals surface area contributed by atoms with E-state index in [0.717, 1.165) is 11.4 Å². The Kier molecular flexibility index (Phi) is 6.49. The minimum atomic E-state index is -0.0914. The molecule has 1 aliphatic rings. The van der Waals surface area contributed by atoms with Crippen LogP contribution in [0.2, 0.25) is 0 Å². The number of aliphatic imine (C=N–C) groups is 1. The van der Waals surface area contributed by atoms with Crippen LogP contribution in [0, 0.1) is 5.92 Å². The van der Waals surface area contributed by atoms with Crippen LogP contribution in [0.1, 0.15) is 19.4 Å². The van der Waals surface area contributed by atoms with E-state index in [1.54, 1.807) is 36.3 Å². The number of carbonyl (C=O) groups excluding carboxylic acids is 1. The second-order valence-electron chi connectivity index (χ2n) is 6.94. The summed E-state index contributed by atoms with van der Waals surface area (Å²) in [6.45, 7) is 4.70. The highest BCUT2D eigenvalue weighted by atomic mass is 32.2. The number of rotatable bonds is 6. The van der Waals surface area contributed by atoms with Crippen LogP contribution < -0.4 is 9.47 Å². The van der Waals surface area contributed by atoms with Crippen LogP contribution in [0.3, 0.4) is 0 Å². The predicted molar refractivity (Wildman–Crippen MR) is 117 cm³/mol. The van der Waals surface area contributed by atoms with Crippen LogP contribution in [0.15, 0.2) is 52.4 Å². The molecule has 1 heterocycles. The second kappa shape index (κ2) is 9.05. The lowest BCUT2D eigenvalue weighted by atomic mass is 10.1. The van der Waals surface area contributed by atoms with Crippen LogP contribution >= 0.6 is 11.8 Å². The van der Waals surface area contributed by atoms with Crippen LogP contribution in [0.25, 0.3) is 6.08 Å². The minimum absolute atomic E-state index is 0.0310. The fraction of sp³-hybridized carbons (Fsp3) is 0.273. The molecule has 7 heteroatoms. The normalized spacial score (nSPS) is 16.9. The third-order valence-corrected chi connectivity index (χ3v) is 5.24. The lowest BCUT2D eigenvalue weighted by Crippen LogP contribution is -2.32. The third-order valence-electron chi connectivity index (χ3n) is 4.23. The van der Waals surface area contributed by atoms with E-state index in [1.807, 2.05) is 24.3 Å². The first-order valence-corrected chi connectivity index (χ1v) is 10.0. The molecule has 1 fully saturated rings. The maximum Gasteiger partial charge on any atom is 0.266 e. The molecule has 3 rings (SSSR count). The van der Waals surface area contributed by atoms with Crippen molar-refractivity contribution in [1.82, 2.24) is 4.90 Å². The van der Waals surface area contributed by atoms with E-state index in [9.17, 15) is 9.90 Å². The number of aromatic hydroxyl groups is 1. The van der Waals surface area contributed by atoms with Gasteiger partial charge < -0.3 is 14.6 Å². The SMILES string of the molecule is COc1ccc(N=C2S/C(=C/c3ccc(OC)c(O)c3)C(=O)N2CC(C)C)cc1. The molecule has 0 aliphatic carbocycles. The van der Waals surface area contributed by atoms with Gasteiger partial charge in [0.25, 0.3) is 5.91 Å². The van der Waals surface area contributed by atoms with E-state index in [0.29, 0.717) is 33.8 Å². The fourth-order valence-electron chi connectivity index (χ4n) is 2.83. The van der Waals surface area contributed by atoms with E-state index >= 15 is 0 Å². The number of amidine groups is 1. The van der Waals surface area contributed by atoms with Crippen molar-refractivity contribution >= 4 is 34.6 Å². The monoisotopic (exact) mass is 412 g/mol. The molecule has 2 aromatic rings.